The van der Waals surface area contributed by atoms with Gasteiger partial charge in [-0.2, -0.15) is 0 Å². The molecule has 0 atom stereocenters. The number of benzene rings is 2. The summed E-state index contributed by atoms with van der Waals surface area (Å²) in [6.07, 6.45) is 0. The van der Waals surface area contributed by atoms with Crippen LogP contribution in [0.5, 0.6) is 5.75 Å². The summed E-state index contributed by atoms with van der Waals surface area (Å²) in [5, 5.41) is 9.37. The minimum absolute atomic E-state index is 0.269. The number of aromatic hydroxyl groups is 1. The highest BCUT2D eigenvalue weighted by atomic mass is 32.2. The Morgan fingerprint density at radius 1 is 1.21 bits per heavy atom. The Hall–Kier alpha value is -1.94. The van der Waals surface area contributed by atoms with E-state index in [1.165, 1.54) is 7.11 Å². The van der Waals surface area contributed by atoms with Gasteiger partial charge in [-0.3, -0.25) is 0 Å². The van der Waals surface area contributed by atoms with Gasteiger partial charge in [-0.15, -0.1) is 11.8 Å². The first-order valence-corrected chi connectivity index (χ1v) is 6.76. The van der Waals surface area contributed by atoms with E-state index in [1.807, 2.05) is 24.3 Å². The van der Waals surface area contributed by atoms with Crippen LogP contribution in [0.2, 0.25) is 0 Å². The van der Waals surface area contributed by atoms with Gasteiger partial charge >= 0.3 is 5.97 Å². The number of ether oxygens (including phenoxy) is 1. The second-order valence-corrected chi connectivity index (χ2v) is 5.02. The summed E-state index contributed by atoms with van der Waals surface area (Å²) in [6, 6.07) is 14.5. The SMILES string of the molecule is COC(=O)c1ccc(CSc2cccc(O)c2)cc1. The van der Waals surface area contributed by atoms with Crippen LogP contribution >= 0.6 is 11.8 Å². The van der Waals surface area contributed by atoms with E-state index >= 15 is 0 Å². The zero-order valence-corrected chi connectivity index (χ0v) is 11.3. The molecule has 98 valence electrons. The van der Waals surface area contributed by atoms with E-state index in [9.17, 15) is 9.90 Å². The molecule has 0 aliphatic heterocycles. The van der Waals surface area contributed by atoms with E-state index in [0.29, 0.717) is 5.56 Å². The van der Waals surface area contributed by atoms with Crippen molar-refractivity contribution < 1.29 is 14.6 Å². The normalized spacial score (nSPS) is 10.2. The average Bonchev–Trinajstić information content (AvgIpc) is 2.45. The molecule has 1 N–H and O–H groups in total. The summed E-state index contributed by atoms with van der Waals surface area (Å²) >= 11 is 1.63. The van der Waals surface area contributed by atoms with Crippen LogP contribution in [0.3, 0.4) is 0 Å². The fourth-order valence-corrected chi connectivity index (χ4v) is 2.50. The molecule has 0 heterocycles. The number of phenolic OH excluding ortho intramolecular Hbond substituents is 1. The largest absolute Gasteiger partial charge is 0.508 e. The Labute approximate surface area is 116 Å². The molecule has 0 unspecified atom stereocenters. The smallest absolute Gasteiger partial charge is 0.337 e. The number of phenols is 1. The Kier molecular flexibility index (Phi) is 4.47. The molecule has 0 aromatic heterocycles. The van der Waals surface area contributed by atoms with Crippen molar-refractivity contribution in [2.75, 3.05) is 7.11 Å². The van der Waals surface area contributed by atoms with E-state index in [1.54, 1.807) is 36.0 Å². The van der Waals surface area contributed by atoms with Gasteiger partial charge in [0.05, 0.1) is 12.7 Å². The van der Waals surface area contributed by atoms with Crippen LogP contribution in [0.4, 0.5) is 0 Å². The van der Waals surface area contributed by atoms with E-state index in [2.05, 4.69) is 4.74 Å². The monoisotopic (exact) mass is 274 g/mol. The fourth-order valence-electron chi connectivity index (χ4n) is 1.59. The fraction of sp³-hybridized carbons (Fsp3) is 0.133. The van der Waals surface area contributed by atoms with Crippen molar-refractivity contribution in [3.63, 3.8) is 0 Å². The molecule has 0 fully saturated rings. The molecule has 0 radical (unpaired) electrons. The maximum Gasteiger partial charge on any atom is 0.337 e. The van der Waals surface area contributed by atoms with Crippen molar-refractivity contribution in [3.8, 4) is 5.75 Å². The van der Waals surface area contributed by atoms with Crippen molar-refractivity contribution in [1.29, 1.82) is 0 Å². The van der Waals surface area contributed by atoms with Crippen LogP contribution in [0.15, 0.2) is 53.4 Å². The van der Waals surface area contributed by atoms with Crippen LogP contribution in [-0.4, -0.2) is 18.2 Å². The van der Waals surface area contributed by atoms with Crippen molar-refractivity contribution in [1.82, 2.24) is 0 Å². The van der Waals surface area contributed by atoms with Crippen molar-refractivity contribution in [2.24, 2.45) is 0 Å². The zero-order chi connectivity index (χ0) is 13.7. The summed E-state index contributed by atoms with van der Waals surface area (Å²) < 4.78 is 4.65. The summed E-state index contributed by atoms with van der Waals surface area (Å²) in [6.45, 7) is 0. The molecule has 0 aliphatic rings. The number of carbonyl (C=O) groups is 1. The first-order valence-electron chi connectivity index (χ1n) is 5.78. The van der Waals surface area contributed by atoms with Gasteiger partial charge in [0.2, 0.25) is 0 Å². The molecular weight excluding hydrogens is 260 g/mol. The summed E-state index contributed by atoms with van der Waals surface area (Å²) in [5.41, 5.74) is 1.66. The molecule has 2 aromatic rings. The van der Waals surface area contributed by atoms with Crippen LogP contribution in [0.25, 0.3) is 0 Å². The second-order valence-electron chi connectivity index (χ2n) is 3.97. The lowest BCUT2D eigenvalue weighted by Gasteiger charge is -2.04. The third kappa shape index (κ3) is 3.76. The summed E-state index contributed by atoms with van der Waals surface area (Å²) in [7, 11) is 1.37. The van der Waals surface area contributed by atoms with Gasteiger partial charge < -0.3 is 9.84 Å². The number of esters is 1. The third-order valence-electron chi connectivity index (χ3n) is 2.60. The van der Waals surface area contributed by atoms with Gasteiger partial charge in [-0.1, -0.05) is 18.2 Å². The van der Waals surface area contributed by atoms with Crippen molar-refractivity contribution >= 4 is 17.7 Å². The lowest BCUT2D eigenvalue weighted by atomic mass is 10.1. The molecule has 0 spiro atoms. The predicted molar refractivity (Wildman–Crippen MR) is 75.4 cm³/mol. The van der Waals surface area contributed by atoms with Crippen molar-refractivity contribution in [3.05, 3.63) is 59.7 Å². The number of rotatable bonds is 4. The predicted octanol–water partition coefficient (Wildman–Crippen LogP) is 3.47. The topological polar surface area (TPSA) is 46.5 Å². The van der Waals surface area contributed by atoms with Crippen LogP contribution in [0.1, 0.15) is 15.9 Å². The Bertz CT molecular complexity index is 564. The number of hydrogen-bond acceptors (Lipinski definition) is 4. The highest BCUT2D eigenvalue weighted by Crippen LogP contribution is 2.25. The van der Waals surface area contributed by atoms with Crippen LogP contribution in [0, 0.1) is 0 Å². The molecule has 2 aromatic carbocycles. The quantitative estimate of drug-likeness (QED) is 0.685. The molecule has 0 aliphatic carbocycles. The highest BCUT2D eigenvalue weighted by Gasteiger charge is 2.04. The Balaban J connectivity index is 1.98. The van der Waals surface area contributed by atoms with E-state index < -0.39 is 0 Å². The lowest BCUT2D eigenvalue weighted by molar-refractivity contribution is 0.0600. The van der Waals surface area contributed by atoms with E-state index in [0.717, 1.165) is 16.2 Å². The van der Waals surface area contributed by atoms with Crippen molar-refractivity contribution in [2.45, 2.75) is 10.6 Å². The standard InChI is InChI=1S/C15H14O3S/c1-18-15(17)12-7-5-11(6-8-12)10-19-14-4-2-3-13(16)9-14/h2-9,16H,10H2,1H3. The molecule has 0 amide bonds. The number of thioether (sulfide) groups is 1. The lowest BCUT2D eigenvalue weighted by Crippen LogP contribution is -2.00. The van der Waals surface area contributed by atoms with Gasteiger partial charge in [0.1, 0.15) is 5.75 Å². The van der Waals surface area contributed by atoms with E-state index in [-0.39, 0.29) is 11.7 Å². The molecule has 0 saturated heterocycles. The van der Waals surface area contributed by atoms with Gasteiger partial charge in [0, 0.05) is 10.6 Å². The molecule has 4 heteroatoms. The Morgan fingerprint density at radius 2 is 1.95 bits per heavy atom. The highest BCUT2D eigenvalue weighted by molar-refractivity contribution is 7.98. The van der Waals surface area contributed by atoms with E-state index in [4.69, 9.17) is 0 Å². The Morgan fingerprint density at radius 3 is 2.58 bits per heavy atom. The summed E-state index contributed by atoms with van der Waals surface area (Å²) in [4.78, 5) is 12.3. The first-order chi connectivity index (χ1) is 9.19. The van der Waals surface area contributed by atoms with Gasteiger partial charge in [0.25, 0.3) is 0 Å². The molecule has 0 saturated carbocycles. The van der Waals surface area contributed by atoms with Gasteiger partial charge in [-0.05, 0) is 35.9 Å². The third-order valence-corrected chi connectivity index (χ3v) is 3.66. The molecule has 2 rings (SSSR count). The zero-order valence-electron chi connectivity index (χ0n) is 10.5. The second kappa shape index (κ2) is 6.29. The number of methoxy groups -OCH3 is 1. The van der Waals surface area contributed by atoms with Gasteiger partial charge in [0.15, 0.2) is 0 Å². The molecular formula is C15H14O3S. The van der Waals surface area contributed by atoms with Gasteiger partial charge in [-0.25, -0.2) is 4.79 Å². The number of carbonyl (C=O) groups excluding carboxylic acids is 1. The molecule has 19 heavy (non-hydrogen) atoms. The average molecular weight is 274 g/mol. The number of hydrogen-bond donors (Lipinski definition) is 1. The minimum atomic E-state index is -0.327. The first kappa shape index (κ1) is 13.5. The minimum Gasteiger partial charge on any atom is -0.508 e. The van der Waals surface area contributed by atoms with Crippen LogP contribution < -0.4 is 0 Å². The maximum absolute atomic E-state index is 11.3. The van der Waals surface area contributed by atoms with Crippen LogP contribution in [-0.2, 0) is 10.5 Å². The maximum atomic E-state index is 11.3. The summed E-state index contributed by atoms with van der Waals surface area (Å²) in [5.74, 6) is 0.725. The molecule has 0 bridgehead atoms. The molecule has 3 nitrogen and oxygen atoms in total.